The second-order valence-electron chi connectivity index (χ2n) is 7.55. The van der Waals surface area contributed by atoms with E-state index in [1.165, 1.54) is 0 Å². The summed E-state index contributed by atoms with van der Waals surface area (Å²) in [6.07, 6.45) is 1.27. The number of carboxylic acids is 1. The maximum Gasteiger partial charge on any atom is 0.410 e. The molecule has 1 amide bonds. The average Bonchev–Trinajstić information content (AvgIpc) is 2.57. The number of carbonyl (C=O) groups excluding carboxylic acids is 1. The molecule has 0 atom stereocenters. The van der Waals surface area contributed by atoms with Crippen molar-refractivity contribution in [2.24, 2.45) is 5.73 Å². The van der Waals surface area contributed by atoms with E-state index >= 15 is 0 Å². The third kappa shape index (κ3) is 10.6. The van der Waals surface area contributed by atoms with Crippen LogP contribution >= 0.6 is 0 Å². The lowest BCUT2D eigenvalue weighted by atomic mass is 10.2. The standard InChI is InChI=1S/C20H33N3O4/c1-20(2,3)27-19(26)23(15-17-9-5-4-6-10-17)14-13-22(16-18(24)25)12-8-7-11-21/h4-6,9-10H,7-8,11-16,21H2,1-3H3,(H,24,25). The van der Waals surface area contributed by atoms with E-state index in [9.17, 15) is 9.59 Å². The van der Waals surface area contributed by atoms with Gasteiger partial charge in [-0.15, -0.1) is 0 Å². The second kappa shape index (κ2) is 11.6. The van der Waals surface area contributed by atoms with Gasteiger partial charge in [0.05, 0.1) is 6.54 Å². The summed E-state index contributed by atoms with van der Waals surface area (Å²) in [6.45, 7) is 7.91. The van der Waals surface area contributed by atoms with Gasteiger partial charge in [0.15, 0.2) is 0 Å². The summed E-state index contributed by atoms with van der Waals surface area (Å²) in [4.78, 5) is 27.2. The summed E-state index contributed by atoms with van der Waals surface area (Å²) in [6, 6.07) is 9.67. The fourth-order valence-corrected chi connectivity index (χ4v) is 2.57. The van der Waals surface area contributed by atoms with Gasteiger partial charge in [-0.05, 0) is 52.3 Å². The molecule has 0 aliphatic heterocycles. The number of carbonyl (C=O) groups is 2. The molecule has 0 heterocycles. The molecular weight excluding hydrogens is 346 g/mol. The quantitative estimate of drug-likeness (QED) is 0.574. The van der Waals surface area contributed by atoms with E-state index < -0.39 is 17.7 Å². The number of nitrogens with zero attached hydrogens (tertiary/aromatic N) is 2. The summed E-state index contributed by atoms with van der Waals surface area (Å²) >= 11 is 0. The SMILES string of the molecule is CC(C)(C)OC(=O)N(CCN(CCCCN)CC(=O)O)Cc1ccccc1. The number of nitrogens with two attached hydrogens (primary N) is 1. The van der Waals surface area contributed by atoms with E-state index in [-0.39, 0.29) is 6.54 Å². The number of ether oxygens (including phenoxy) is 1. The van der Waals surface area contributed by atoms with Crippen molar-refractivity contribution >= 4 is 12.1 Å². The van der Waals surface area contributed by atoms with Crippen LogP contribution in [0.4, 0.5) is 4.79 Å². The molecule has 0 aliphatic carbocycles. The molecular formula is C20H33N3O4. The number of unbranched alkanes of at least 4 members (excludes halogenated alkanes) is 1. The van der Waals surface area contributed by atoms with Gasteiger partial charge in [-0.2, -0.15) is 0 Å². The average molecular weight is 380 g/mol. The number of hydrogen-bond donors (Lipinski definition) is 2. The number of rotatable bonds is 11. The first kappa shape index (κ1) is 22.9. The van der Waals surface area contributed by atoms with Crippen molar-refractivity contribution in [3.63, 3.8) is 0 Å². The molecule has 0 spiro atoms. The van der Waals surface area contributed by atoms with E-state index in [4.69, 9.17) is 15.6 Å². The molecule has 1 rings (SSSR count). The van der Waals surface area contributed by atoms with Crippen molar-refractivity contribution in [1.29, 1.82) is 0 Å². The fourth-order valence-electron chi connectivity index (χ4n) is 2.57. The maximum absolute atomic E-state index is 12.6. The minimum Gasteiger partial charge on any atom is -0.480 e. The van der Waals surface area contributed by atoms with Gasteiger partial charge in [-0.1, -0.05) is 30.3 Å². The van der Waals surface area contributed by atoms with Crippen LogP contribution in [0.1, 0.15) is 39.2 Å². The summed E-state index contributed by atoms with van der Waals surface area (Å²) < 4.78 is 5.52. The van der Waals surface area contributed by atoms with E-state index in [1.807, 2.05) is 56.0 Å². The topological polar surface area (TPSA) is 96.1 Å². The van der Waals surface area contributed by atoms with Crippen LogP contribution in [-0.2, 0) is 16.1 Å². The summed E-state index contributed by atoms with van der Waals surface area (Å²) in [5.74, 6) is -0.880. The largest absolute Gasteiger partial charge is 0.480 e. The Kier molecular flexibility index (Phi) is 9.82. The molecule has 1 aromatic carbocycles. The van der Waals surface area contributed by atoms with Crippen LogP contribution in [0.5, 0.6) is 0 Å². The molecule has 7 heteroatoms. The van der Waals surface area contributed by atoms with Crippen LogP contribution in [-0.4, -0.2) is 65.3 Å². The molecule has 152 valence electrons. The summed E-state index contributed by atoms with van der Waals surface area (Å²) in [5.41, 5.74) is 5.93. The molecule has 1 aromatic rings. The minimum atomic E-state index is -0.880. The lowest BCUT2D eigenvalue weighted by Gasteiger charge is -2.29. The zero-order chi connectivity index (χ0) is 20.3. The highest BCUT2D eigenvalue weighted by Gasteiger charge is 2.23. The first-order chi connectivity index (χ1) is 12.7. The number of amides is 1. The molecule has 3 N–H and O–H groups in total. The Balaban J connectivity index is 2.77. The van der Waals surface area contributed by atoms with Crippen LogP contribution < -0.4 is 5.73 Å². The van der Waals surface area contributed by atoms with Gasteiger partial charge in [-0.25, -0.2) is 4.79 Å². The van der Waals surface area contributed by atoms with Gasteiger partial charge < -0.3 is 20.5 Å². The number of carboxylic acid groups (broad SMARTS) is 1. The Morgan fingerprint density at radius 1 is 1.07 bits per heavy atom. The summed E-state index contributed by atoms with van der Waals surface area (Å²) in [7, 11) is 0. The highest BCUT2D eigenvalue weighted by atomic mass is 16.6. The Morgan fingerprint density at radius 3 is 2.30 bits per heavy atom. The van der Waals surface area contributed by atoms with Crippen LogP contribution in [0, 0.1) is 0 Å². The predicted molar refractivity (Wildman–Crippen MR) is 105 cm³/mol. The van der Waals surface area contributed by atoms with Crippen molar-refractivity contribution in [1.82, 2.24) is 9.80 Å². The van der Waals surface area contributed by atoms with E-state index in [0.717, 1.165) is 18.4 Å². The molecule has 0 radical (unpaired) electrons. The van der Waals surface area contributed by atoms with Crippen molar-refractivity contribution in [2.45, 2.75) is 45.8 Å². The Labute approximate surface area is 162 Å². The number of aliphatic carboxylic acids is 1. The van der Waals surface area contributed by atoms with Crippen molar-refractivity contribution in [2.75, 3.05) is 32.7 Å². The van der Waals surface area contributed by atoms with Gasteiger partial charge in [0.1, 0.15) is 5.60 Å². The molecule has 7 nitrogen and oxygen atoms in total. The van der Waals surface area contributed by atoms with Gasteiger partial charge in [-0.3, -0.25) is 9.69 Å². The lowest BCUT2D eigenvalue weighted by Crippen LogP contribution is -2.42. The van der Waals surface area contributed by atoms with Gasteiger partial charge in [0, 0.05) is 19.6 Å². The number of hydrogen-bond acceptors (Lipinski definition) is 5. The Bertz CT molecular complexity index is 572. The van der Waals surface area contributed by atoms with Crippen molar-refractivity contribution in [3.8, 4) is 0 Å². The van der Waals surface area contributed by atoms with Gasteiger partial charge >= 0.3 is 12.1 Å². The van der Waals surface area contributed by atoms with Crippen molar-refractivity contribution in [3.05, 3.63) is 35.9 Å². The van der Waals surface area contributed by atoms with Gasteiger partial charge in [0.25, 0.3) is 0 Å². The van der Waals surface area contributed by atoms with Crippen LogP contribution in [0.25, 0.3) is 0 Å². The molecule has 0 aliphatic rings. The van der Waals surface area contributed by atoms with Crippen LogP contribution in [0.15, 0.2) is 30.3 Å². The predicted octanol–water partition coefficient (Wildman–Crippen LogP) is 2.55. The Morgan fingerprint density at radius 2 is 1.74 bits per heavy atom. The fraction of sp³-hybridized carbons (Fsp3) is 0.600. The van der Waals surface area contributed by atoms with E-state index in [2.05, 4.69) is 0 Å². The molecule has 0 saturated heterocycles. The molecule has 0 fully saturated rings. The minimum absolute atomic E-state index is 0.0575. The first-order valence-corrected chi connectivity index (χ1v) is 9.37. The van der Waals surface area contributed by atoms with E-state index in [0.29, 0.717) is 32.7 Å². The molecule has 0 saturated carbocycles. The normalized spacial score (nSPS) is 11.4. The number of benzene rings is 1. The Hall–Kier alpha value is -2.12. The highest BCUT2D eigenvalue weighted by Crippen LogP contribution is 2.13. The highest BCUT2D eigenvalue weighted by molar-refractivity contribution is 5.69. The van der Waals surface area contributed by atoms with E-state index in [1.54, 1.807) is 4.90 Å². The van der Waals surface area contributed by atoms with Crippen LogP contribution in [0.2, 0.25) is 0 Å². The van der Waals surface area contributed by atoms with Gasteiger partial charge in [0.2, 0.25) is 0 Å². The molecule has 0 bridgehead atoms. The zero-order valence-electron chi connectivity index (χ0n) is 16.7. The molecule has 0 aromatic heterocycles. The zero-order valence-corrected chi connectivity index (χ0v) is 16.7. The second-order valence-corrected chi connectivity index (χ2v) is 7.55. The lowest BCUT2D eigenvalue weighted by molar-refractivity contribution is -0.138. The molecule has 0 unspecified atom stereocenters. The van der Waals surface area contributed by atoms with Crippen LogP contribution in [0.3, 0.4) is 0 Å². The summed E-state index contributed by atoms with van der Waals surface area (Å²) in [5, 5.41) is 9.13. The third-order valence-corrected chi connectivity index (χ3v) is 3.84. The van der Waals surface area contributed by atoms with Crippen molar-refractivity contribution < 1.29 is 19.4 Å². The third-order valence-electron chi connectivity index (χ3n) is 3.84. The monoisotopic (exact) mass is 379 g/mol. The molecule has 27 heavy (non-hydrogen) atoms. The first-order valence-electron chi connectivity index (χ1n) is 9.37. The smallest absolute Gasteiger partial charge is 0.410 e. The maximum atomic E-state index is 12.6.